The first-order valence-corrected chi connectivity index (χ1v) is 8.50. The van der Waals surface area contributed by atoms with Crippen molar-refractivity contribution in [2.45, 2.75) is 39.7 Å². The van der Waals surface area contributed by atoms with Gasteiger partial charge in [0.05, 0.1) is 5.39 Å². The van der Waals surface area contributed by atoms with E-state index >= 15 is 0 Å². The molecule has 5 nitrogen and oxygen atoms in total. The second-order valence-corrected chi connectivity index (χ2v) is 7.46. The molecule has 0 spiro atoms. The molecule has 0 radical (unpaired) electrons. The van der Waals surface area contributed by atoms with Crippen LogP contribution in [-0.2, 0) is 0 Å². The summed E-state index contributed by atoms with van der Waals surface area (Å²) in [4.78, 5) is 16.4. The van der Waals surface area contributed by atoms with Gasteiger partial charge in [0.1, 0.15) is 17.9 Å². The molecule has 132 valence electrons. The highest BCUT2D eigenvalue weighted by Gasteiger charge is 2.21. The molecule has 1 aromatic carbocycles. The van der Waals surface area contributed by atoms with Crippen molar-refractivity contribution in [1.82, 2.24) is 4.98 Å². The average Bonchev–Trinajstić information content (AvgIpc) is 2.51. The van der Waals surface area contributed by atoms with Crippen molar-refractivity contribution in [2.24, 2.45) is 11.7 Å². The Hall–Kier alpha value is -2.40. The summed E-state index contributed by atoms with van der Waals surface area (Å²) in [5.74, 6) is 1.14. The first-order valence-electron chi connectivity index (χ1n) is 8.50. The van der Waals surface area contributed by atoms with E-state index in [1.165, 1.54) is 0 Å². The Labute approximate surface area is 146 Å². The largest absolute Gasteiger partial charge is 0.492 e. The first kappa shape index (κ1) is 17.4. The van der Waals surface area contributed by atoms with Crippen molar-refractivity contribution in [3.63, 3.8) is 0 Å². The molecule has 25 heavy (non-hydrogen) atoms. The van der Waals surface area contributed by atoms with E-state index < -0.39 is 11.2 Å². The lowest BCUT2D eigenvalue weighted by atomic mass is 9.93. The zero-order valence-electron chi connectivity index (χ0n) is 15.1. The molecule has 5 heteroatoms. The lowest BCUT2D eigenvalue weighted by Crippen LogP contribution is -2.43. The van der Waals surface area contributed by atoms with E-state index in [2.05, 4.69) is 18.8 Å². The van der Waals surface area contributed by atoms with Gasteiger partial charge in [0.15, 0.2) is 0 Å². The van der Waals surface area contributed by atoms with Crippen LogP contribution in [0.1, 0.15) is 32.9 Å². The van der Waals surface area contributed by atoms with Gasteiger partial charge in [0, 0.05) is 34.3 Å². The minimum Gasteiger partial charge on any atom is -0.492 e. The number of hydrogen-bond donors (Lipinski definition) is 1. The second kappa shape index (κ2) is 6.48. The van der Waals surface area contributed by atoms with E-state index in [0.717, 1.165) is 22.9 Å². The molecule has 0 aliphatic heterocycles. The number of aryl methyl sites for hydroxylation is 1. The fraction of sp³-hybridized carbons (Fsp3) is 0.400. The normalized spacial score (nSPS) is 14.2. The molecule has 0 unspecified atom stereocenters. The molecule has 0 fully saturated rings. The van der Waals surface area contributed by atoms with Gasteiger partial charge < -0.3 is 14.9 Å². The molecular formula is C20H24N2O3. The van der Waals surface area contributed by atoms with Crippen LogP contribution in [0.4, 0.5) is 0 Å². The van der Waals surface area contributed by atoms with Gasteiger partial charge in [0.25, 0.3) is 0 Å². The number of hydrogen-bond acceptors (Lipinski definition) is 5. The summed E-state index contributed by atoms with van der Waals surface area (Å²) in [5, 5.41) is 2.19. The lowest BCUT2D eigenvalue weighted by molar-refractivity contribution is 0.207. The van der Waals surface area contributed by atoms with Gasteiger partial charge in [-0.2, -0.15) is 0 Å². The molecule has 3 rings (SSSR count). The molecule has 2 N–H and O–H groups in total. The van der Waals surface area contributed by atoms with Crippen molar-refractivity contribution in [1.29, 1.82) is 0 Å². The van der Waals surface area contributed by atoms with Gasteiger partial charge in [-0.3, -0.25) is 4.98 Å². The monoisotopic (exact) mass is 340 g/mol. The molecule has 1 atom stereocenters. The number of rotatable bonds is 5. The summed E-state index contributed by atoms with van der Waals surface area (Å²) < 4.78 is 11.3. The van der Waals surface area contributed by atoms with Gasteiger partial charge in [0.2, 0.25) is 0 Å². The molecule has 3 aromatic rings. The summed E-state index contributed by atoms with van der Waals surface area (Å²) in [6, 6.07) is 7.43. The number of benzene rings is 1. The van der Waals surface area contributed by atoms with Crippen LogP contribution in [-0.4, -0.2) is 17.1 Å². The van der Waals surface area contributed by atoms with E-state index in [0.29, 0.717) is 29.2 Å². The Morgan fingerprint density at radius 3 is 2.72 bits per heavy atom. The van der Waals surface area contributed by atoms with Gasteiger partial charge in [-0.25, -0.2) is 4.79 Å². The van der Waals surface area contributed by atoms with E-state index in [-0.39, 0.29) is 0 Å². The molecule has 0 aliphatic carbocycles. The van der Waals surface area contributed by atoms with Crippen LogP contribution in [0, 0.1) is 12.8 Å². The number of fused-ring (bicyclic) bond motifs is 3. The topological polar surface area (TPSA) is 78.3 Å². The number of ether oxygens (including phenoxy) is 1. The molecule has 0 aliphatic rings. The van der Waals surface area contributed by atoms with Gasteiger partial charge in [-0.05, 0) is 44.4 Å². The first-order chi connectivity index (χ1) is 11.7. The minimum absolute atomic E-state index is 0.393. The highest BCUT2D eigenvalue weighted by atomic mass is 16.5. The van der Waals surface area contributed by atoms with Crippen molar-refractivity contribution in [3.05, 3.63) is 46.6 Å². The zero-order valence-corrected chi connectivity index (χ0v) is 15.1. The highest BCUT2D eigenvalue weighted by Crippen LogP contribution is 2.27. The molecule has 0 saturated carbocycles. The SMILES string of the molecule is Cc1cc2c(cn1)c(=O)oc1cc(OC[C@@](C)(N)CC(C)C)ccc12. The highest BCUT2D eigenvalue weighted by molar-refractivity contribution is 6.04. The summed E-state index contributed by atoms with van der Waals surface area (Å²) >= 11 is 0. The van der Waals surface area contributed by atoms with Crippen LogP contribution in [0.25, 0.3) is 21.7 Å². The maximum Gasteiger partial charge on any atom is 0.345 e. The third kappa shape index (κ3) is 3.82. The standard InChI is InChI=1S/C20H24N2O3/c1-12(2)9-20(4,21)11-24-14-5-6-15-16-7-13(3)22-10-17(16)19(23)25-18(15)8-14/h5-8,10,12H,9,11,21H2,1-4H3/t20-/m0/s1. The lowest BCUT2D eigenvalue weighted by Gasteiger charge is -2.26. The number of nitrogens with two attached hydrogens (primary N) is 1. The van der Waals surface area contributed by atoms with Crippen LogP contribution < -0.4 is 16.1 Å². The summed E-state index contributed by atoms with van der Waals surface area (Å²) in [7, 11) is 0. The molecule has 0 saturated heterocycles. The Balaban J connectivity index is 1.95. The van der Waals surface area contributed by atoms with Gasteiger partial charge in [-0.15, -0.1) is 0 Å². The minimum atomic E-state index is -0.407. The predicted molar refractivity (Wildman–Crippen MR) is 100 cm³/mol. The Bertz CT molecular complexity index is 974. The summed E-state index contributed by atoms with van der Waals surface area (Å²) in [5.41, 5.74) is 6.85. The third-order valence-corrected chi connectivity index (χ3v) is 4.15. The zero-order chi connectivity index (χ0) is 18.2. The van der Waals surface area contributed by atoms with Crippen LogP contribution in [0.15, 0.2) is 39.7 Å². The maximum atomic E-state index is 12.2. The number of pyridine rings is 1. The average molecular weight is 340 g/mol. The molecule has 0 amide bonds. The van der Waals surface area contributed by atoms with Crippen molar-refractivity contribution in [3.8, 4) is 5.75 Å². The quantitative estimate of drug-likeness (QED) is 0.565. The van der Waals surface area contributed by atoms with Gasteiger partial charge >= 0.3 is 5.63 Å². The number of nitrogens with zero attached hydrogens (tertiary/aromatic N) is 1. The van der Waals surface area contributed by atoms with Crippen LogP contribution >= 0.6 is 0 Å². The Morgan fingerprint density at radius 2 is 2.00 bits per heavy atom. The van der Waals surface area contributed by atoms with E-state index in [4.69, 9.17) is 14.9 Å². The Morgan fingerprint density at radius 1 is 1.24 bits per heavy atom. The second-order valence-electron chi connectivity index (χ2n) is 7.46. The van der Waals surface area contributed by atoms with Crippen molar-refractivity contribution in [2.75, 3.05) is 6.61 Å². The predicted octanol–water partition coefficient (Wildman–Crippen LogP) is 3.79. The van der Waals surface area contributed by atoms with Crippen molar-refractivity contribution >= 4 is 21.7 Å². The maximum absolute atomic E-state index is 12.2. The third-order valence-electron chi connectivity index (χ3n) is 4.15. The van der Waals surface area contributed by atoms with E-state index in [9.17, 15) is 4.79 Å². The summed E-state index contributed by atoms with van der Waals surface area (Å²) in [6.07, 6.45) is 2.43. The smallest absolute Gasteiger partial charge is 0.345 e. The van der Waals surface area contributed by atoms with Crippen LogP contribution in [0.5, 0.6) is 5.75 Å². The van der Waals surface area contributed by atoms with Crippen LogP contribution in [0.3, 0.4) is 0 Å². The Kier molecular flexibility index (Phi) is 4.52. The molecule has 2 aromatic heterocycles. The fourth-order valence-corrected chi connectivity index (χ4v) is 3.24. The van der Waals surface area contributed by atoms with Gasteiger partial charge in [-0.1, -0.05) is 13.8 Å². The molecule has 0 bridgehead atoms. The number of aromatic nitrogens is 1. The summed E-state index contributed by atoms with van der Waals surface area (Å²) in [6.45, 7) is 8.55. The van der Waals surface area contributed by atoms with E-state index in [1.54, 1.807) is 12.3 Å². The van der Waals surface area contributed by atoms with E-state index in [1.807, 2.05) is 32.0 Å². The van der Waals surface area contributed by atoms with Crippen LogP contribution in [0.2, 0.25) is 0 Å². The molecule has 2 heterocycles. The fourth-order valence-electron chi connectivity index (χ4n) is 3.24. The molecular weight excluding hydrogens is 316 g/mol. The van der Waals surface area contributed by atoms with Crippen molar-refractivity contribution < 1.29 is 9.15 Å².